The van der Waals surface area contributed by atoms with E-state index in [1.807, 2.05) is 0 Å². The first-order valence-electron chi connectivity index (χ1n) is 6.23. The van der Waals surface area contributed by atoms with Gasteiger partial charge in [0.25, 0.3) is 0 Å². The van der Waals surface area contributed by atoms with Crippen molar-refractivity contribution in [3.63, 3.8) is 0 Å². The molecule has 0 amide bonds. The van der Waals surface area contributed by atoms with E-state index in [0.29, 0.717) is 18.0 Å². The molecule has 0 radical (unpaired) electrons. The van der Waals surface area contributed by atoms with Crippen LogP contribution in [-0.4, -0.2) is 27.7 Å². The number of hydrogen-bond donors (Lipinski definition) is 1. The molecule has 0 aliphatic heterocycles. The molecule has 96 valence electrons. The van der Waals surface area contributed by atoms with Gasteiger partial charge in [0.05, 0.1) is 11.5 Å². The SMILES string of the molecule is COC1CC(n2c(C)c(C)c3c(N)ncnc32)C1. The van der Waals surface area contributed by atoms with Gasteiger partial charge in [0, 0.05) is 18.8 Å². The Morgan fingerprint density at radius 1 is 1.33 bits per heavy atom. The smallest absolute Gasteiger partial charge is 0.146 e. The Bertz CT molecular complexity index is 599. The number of methoxy groups -OCH3 is 1. The second-order valence-corrected chi connectivity index (χ2v) is 5.02. The molecule has 0 saturated heterocycles. The van der Waals surface area contributed by atoms with Gasteiger partial charge >= 0.3 is 0 Å². The Balaban J connectivity index is 2.13. The predicted octanol–water partition coefficient (Wildman–Crippen LogP) is 1.98. The lowest BCUT2D eigenvalue weighted by Crippen LogP contribution is -2.33. The summed E-state index contributed by atoms with van der Waals surface area (Å²) in [6.45, 7) is 4.21. The molecule has 2 heterocycles. The first kappa shape index (κ1) is 11.5. The van der Waals surface area contributed by atoms with Crippen LogP contribution in [0.25, 0.3) is 11.0 Å². The van der Waals surface area contributed by atoms with Crippen LogP contribution < -0.4 is 5.73 Å². The fourth-order valence-corrected chi connectivity index (χ4v) is 2.84. The van der Waals surface area contributed by atoms with Crippen LogP contribution in [0.4, 0.5) is 5.82 Å². The van der Waals surface area contributed by atoms with Crippen LogP contribution in [0.5, 0.6) is 0 Å². The molecule has 0 bridgehead atoms. The van der Waals surface area contributed by atoms with E-state index in [1.165, 1.54) is 11.3 Å². The third kappa shape index (κ3) is 1.43. The lowest BCUT2D eigenvalue weighted by Gasteiger charge is -2.36. The van der Waals surface area contributed by atoms with Crippen molar-refractivity contribution in [1.29, 1.82) is 0 Å². The predicted molar refractivity (Wildman–Crippen MR) is 70.5 cm³/mol. The van der Waals surface area contributed by atoms with Gasteiger partial charge in [-0.15, -0.1) is 0 Å². The van der Waals surface area contributed by atoms with E-state index in [2.05, 4.69) is 28.4 Å². The zero-order valence-corrected chi connectivity index (χ0v) is 11.0. The van der Waals surface area contributed by atoms with Gasteiger partial charge in [0.15, 0.2) is 0 Å². The summed E-state index contributed by atoms with van der Waals surface area (Å²) in [4.78, 5) is 8.49. The molecule has 2 N–H and O–H groups in total. The first-order chi connectivity index (χ1) is 8.63. The number of anilines is 1. The average molecular weight is 246 g/mol. The molecule has 0 atom stereocenters. The van der Waals surface area contributed by atoms with E-state index in [4.69, 9.17) is 10.5 Å². The quantitative estimate of drug-likeness (QED) is 0.880. The average Bonchev–Trinajstić information content (AvgIpc) is 2.54. The summed E-state index contributed by atoms with van der Waals surface area (Å²) in [5.41, 5.74) is 9.34. The van der Waals surface area contributed by atoms with Gasteiger partial charge in [0.1, 0.15) is 17.8 Å². The molecule has 0 spiro atoms. The zero-order chi connectivity index (χ0) is 12.9. The van der Waals surface area contributed by atoms with Crippen LogP contribution in [0.1, 0.15) is 30.1 Å². The summed E-state index contributed by atoms with van der Waals surface area (Å²) in [6, 6.07) is 0.473. The maximum Gasteiger partial charge on any atom is 0.146 e. The lowest BCUT2D eigenvalue weighted by atomic mass is 9.89. The molecule has 3 rings (SSSR count). The Morgan fingerprint density at radius 3 is 2.72 bits per heavy atom. The van der Waals surface area contributed by atoms with Crippen molar-refractivity contribution in [2.45, 2.75) is 38.8 Å². The molecular formula is C13H18N4O. The summed E-state index contributed by atoms with van der Waals surface area (Å²) in [6.07, 6.45) is 4.01. The van der Waals surface area contributed by atoms with Gasteiger partial charge in [-0.1, -0.05) is 0 Å². The van der Waals surface area contributed by atoms with Crippen molar-refractivity contribution >= 4 is 16.9 Å². The molecule has 2 aromatic heterocycles. The summed E-state index contributed by atoms with van der Waals surface area (Å²) in [5, 5.41) is 0.996. The van der Waals surface area contributed by atoms with Crippen molar-refractivity contribution in [3.05, 3.63) is 17.6 Å². The first-order valence-corrected chi connectivity index (χ1v) is 6.23. The minimum absolute atomic E-state index is 0.381. The van der Waals surface area contributed by atoms with Crippen molar-refractivity contribution < 1.29 is 4.74 Å². The highest BCUT2D eigenvalue weighted by atomic mass is 16.5. The van der Waals surface area contributed by atoms with Crippen molar-refractivity contribution in [3.8, 4) is 0 Å². The lowest BCUT2D eigenvalue weighted by molar-refractivity contribution is 0.00683. The normalized spacial score (nSPS) is 23.3. The molecule has 0 aromatic carbocycles. The fourth-order valence-electron chi connectivity index (χ4n) is 2.84. The maximum atomic E-state index is 5.96. The second-order valence-electron chi connectivity index (χ2n) is 5.02. The monoisotopic (exact) mass is 246 g/mol. The minimum Gasteiger partial charge on any atom is -0.383 e. The van der Waals surface area contributed by atoms with Gasteiger partial charge in [-0.2, -0.15) is 0 Å². The van der Waals surface area contributed by atoms with Gasteiger partial charge in [-0.25, -0.2) is 9.97 Å². The highest BCUT2D eigenvalue weighted by molar-refractivity contribution is 5.90. The Hall–Kier alpha value is -1.62. The zero-order valence-electron chi connectivity index (χ0n) is 11.0. The standard InChI is InChI=1S/C13H18N4O/c1-7-8(2)17(9-4-10(5-9)18-3)13-11(7)12(14)15-6-16-13/h6,9-10H,4-5H2,1-3H3,(H2,14,15,16). The molecular weight excluding hydrogens is 228 g/mol. The van der Waals surface area contributed by atoms with Gasteiger partial charge in [-0.05, 0) is 32.3 Å². The number of hydrogen-bond acceptors (Lipinski definition) is 4. The number of rotatable bonds is 2. The molecule has 0 unspecified atom stereocenters. The fraction of sp³-hybridized carbons (Fsp3) is 0.538. The molecule has 1 saturated carbocycles. The van der Waals surface area contributed by atoms with Crippen molar-refractivity contribution in [1.82, 2.24) is 14.5 Å². The van der Waals surface area contributed by atoms with Gasteiger partial charge in [0.2, 0.25) is 0 Å². The molecule has 18 heavy (non-hydrogen) atoms. The third-order valence-corrected chi connectivity index (χ3v) is 4.13. The number of ether oxygens (including phenoxy) is 1. The highest BCUT2D eigenvalue weighted by Gasteiger charge is 2.33. The molecule has 2 aromatic rings. The summed E-state index contributed by atoms with van der Waals surface area (Å²) in [5.74, 6) is 0.571. The molecule has 1 aliphatic carbocycles. The number of fused-ring (bicyclic) bond motifs is 1. The third-order valence-electron chi connectivity index (χ3n) is 4.13. The van der Waals surface area contributed by atoms with Gasteiger partial charge in [-0.3, -0.25) is 0 Å². The number of aryl methyl sites for hydroxylation is 1. The van der Waals surface area contributed by atoms with E-state index in [0.717, 1.165) is 23.9 Å². The number of nitrogens with zero attached hydrogens (tertiary/aromatic N) is 3. The van der Waals surface area contributed by atoms with E-state index in [1.54, 1.807) is 13.4 Å². The second kappa shape index (κ2) is 3.95. The van der Waals surface area contributed by atoms with Crippen LogP contribution in [0, 0.1) is 13.8 Å². The molecule has 5 heteroatoms. The van der Waals surface area contributed by atoms with Crippen molar-refractivity contribution in [2.75, 3.05) is 12.8 Å². The Morgan fingerprint density at radius 2 is 2.06 bits per heavy atom. The molecule has 1 aliphatic rings. The molecule has 1 fully saturated rings. The number of nitrogen functional groups attached to an aromatic ring is 1. The van der Waals surface area contributed by atoms with Crippen LogP contribution in [0.15, 0.2) is 6.33 Å². The van der Waals surface area contributed by atoms with E-state index < -0.39 is 0 Å². The number of nitrogens with two attached hydrogens (primary N) is 1. The van der Waals surface area contributed by atoms with E-state index >= 15 is 0 Å². The van der Waals surface area contributed by atoms with Gasteiger partial charge < -0.3 is 15.0 Å². The van der Waals surface area contributed by atoms with Crippen LogP contribution in [0.2, 0.25) is 0 Å². The minimum atomic E-state index is 0.381. The Kier molecular flexibility index (Phi) is 2.52. The van der Waals surface area contributed by atoms with Crippen LogP contribution in [0.3, 0.4) is 0 Å². The van der Waals surface area contributed by atoms with Crippen LogP contribution in [-0.2, 0) is 4.74 Å². The summed E-state index contributed by atoms with van der Waals surface area (Å²) < 4.78 is 7.64. The topological polar surface area (TPSA) is 66.0 Å². The van der Waals surface area contributed by atoms with Crippen molar-refractivity contribution in [2.24, 2.45) is 0 Å². The number of aromatic nitrogens is 3. The maximum absolute atomic E-state index is 5.96. The Labute approximate surface area is 106 Å². The largest absolute Gasteiger partial charge is 0.383 e. The van der Waals surface area contributed by atoms with E-state index in [9.17, 15) is 0 Å². The van der Waals surface area contributed by atoms with Crippen LogP contribution >= 0.6 is 0 Å². The molecule has 5 nitrogen and oxygen atoms in total. The summed E-state index contributed by atoms with van der Waals surface area (Å²) in [7, 11) is 1.77. The van der Waals surface area contributed by atoms with E-state index in [-0.39, 0.29) is 0 Å². The summed E-state index contributed by atoms with van der Waals surface area (Å²) >= 11 is 0. The highest BCUT2D eigenvalue weighted by Crippen LogP contribution is 2.39.